The third-order valence-corrected chi connectivity index (χ3v) is 2.89. The molecule has 1 amide bonds. The Balaban J connectivity index is 2.14. The Kier molecular flexibility index (Phi) is 4.34. The van der Waals surface area contributed by atoms with Crippen molar-refractivity contribution in [3.05, 3.63) is 41.5 Å². The predicted octanol–water partition coefficient (Wildman–Crippen LogP) is 1.82. The van der Waals surface area contributed by atoms with Crippen LogP contribution in [0.25, 0.3) is 0 Å². The summed E-state index contributed by atoms with van der Waals surface area (Å²) in [6.07, 6.45) is 0. The zero-order valence-electron chi connectivity index (χ0n) is 12.0. The van der Waals surface area contributed by atoms with E-state index < -0.39 is 0 Å². The standard InChI is InChI=1S/C14H19N5O/c1-4-15-12-8-6-5-7-11(12)14(20)19(3)9-13-16-10(2)17-18-13/h5-8,15H,4,9H2,1-3H3,(H,16,17,18). The first-order valence-electron chi connectivity index (χ1n) is 6.58. The number of carbonyl (C=O) groups excluding carboxylic acids is 1. The molecule has 0 spiro atoms. The molecule has 0 aliphatic rings. The van der Waals surface area contributed by atoms with E-state index in [0.29, 0.717) is 17.9 Å². The molecule has 2 rings (SSSR count). The molecule has 0 radical (unpaired) electrons. The molecule has 2 N–H and O–H groups in total. The number of aromatic amines is 1. The summed E-state index contributed by atoms with van der Waals surface area (Å²) in [5.41, 5.74) is 1.50. The summed E-state index contributed by atoms with van der Waals surface area (Å²) in [6.45, 7) is 4.98. The van der Waals surface area contributed by atoms with E-state index in [0.717, 1.165) is 18.1 Å². The fraction of sp³-hybridized carbons (Fsp3) is 0.357. The summed E-state index contributed by atoms with van der Waals surface area (Å²) in [7, 11) is 1.75. The molecular formula is C14H19N5O. The Labute approximate surface area is 118 Å². The van der Waals surface area contributed by atoms with Crippen LogP contribution in [0.1, 0.15) is 28.9 Å². The van der Waals surface area contributed by atoms with Crippen LogP contribution in [0.3, 0.4) is 0 Å². The molecule has 0 fully saturated rings. The number of H-pyrrole nitrogens is 1. The van der Waals surface area contributed by atoms with Crippen LogP contribution < -0.4 is 5.32 Å². The Morgan fingerprint density at radius 1 is 1.40 bits per heavy atom. The molecule has 0 unspecified atom stereocenters. The summed E-state index contributed by atoms with van der Waals surface area (Å²) in [6, 6.07) is 7.49. The van der Waals surface area contributed by atoms with Gasteiger partial charge in [0.25, 0.3) is 5.91 Å². The molecule has 6 nitrogen and oxygen atoms in total. The molecule has 0 bridgehead atoms. The molecule has 1 aromatic carbocycles. The van der Waals surface area contributed by atoms with Gasteiger partial charge in [0.05, 0.1) is 12.1 Å². The second kappa shape index (κ2) is 6.18. The summed E-state index contributed by atoms with van der Waals surface area (Å²) < 4.78 is 0. The first kappa shape index (κ1) is 14.0. The molecule has 6 heteroatoms. The maximum atomic E-state index is 12.5. The van der Waals surface area contributed by atoms with Gasteiger partial charge in [0.2, 0.25) is 0 Å². The molecule has 0 aliphatic carbocycles. The number of hydrogen-bond donors (Lipinski definition) is 2. The van der Waals surface area contributed by atoms with E-state index in [2.05, 4.69) is 20.5 Å². The van der Waals surface area contributed by atoms with Crippen molar-refractivity contribution in [2.24, 2.45) is 0 Å². The quantitative estimate of drug-likeness (QED) is 0.871. The summed E-state index contributed by atoms with van der Waals surface area (Å²) >= 11 is 0. The average Bonchev–Trinajstić information content (AvgIpc) is 2.84. The summed E-state index contributed by atoms with van der Waals surface area (Å²) in [5, 5.41) is 10.0. The minimum atomic E-state index is -0.0518. The normalized spacial score (nSPS) is 10.3. The van der Waals surface area contributed by atoms with Crippen molar-refractivity contribution in [3.8, 4) is 0 Å². The molecular weight excluding hydrogens is 254 g/mol. The third-order valence-electron chi connectivity index (χ3n) is 2.89. The van der Waals surface area contributed by atoms with E-state index in [1.54, 1.807) is 11.9 Å². The van der Waals surface area contributed by atoms with Crippen LogP contribution in [0.4, 0.5) is 5.69 Å². The Morgan fingerprint density at radius 3 is 2.80 bits per heavy atom. The number of rotatable bonds is 5. The fourth-order valence-electron chi connectivity index (χ4n) is 1.96. The van der Waals surface area contributed by atoms with Gasteiger partial charge in [-0.25, -0.2) is 4.98 Å². The second-order valence-corrected chi connectivity index (χ2v) is 4.57. The number of hydrogen-bond acceptors (Lipinski definition) is 4. The van der Waals surface area contributed by atoms with Gasteiger partial charge >= 0.3 is 0 Å². The zero-order chi connectivity index (χ0) is 14.5. The molecule has 20 heavy (non-hydrogen) atoms. The van der Waals surface area contributed by atoms with Crippen molar-refractivity contribution in [1.82, 2.24) is 20.1 Å². The van der Waals surface area contributed by atoms with Crippen LogP contribution >= 0.6 is 0 Å². The van der Waals surface area contributed by atoms with E-state index >= 15 is 0 Å². The Morgan fingerprint density at radius 2 is 2.15 bits per heavy atom. The summed E-state index contributed by atoms with van der Waals surface area (Å²) in [5.74, 6) is 1.30. The summed E-state index contributed by atoms with van der Waals surface area (Å²) in [4.78, 5) is 18.3. The van der Waals surface area contributed by atoms with Gasteiger partial charge in [-0.1, -0.05) is 12.1 Å². The van der Waals surface area contributed by atoms with Crippen LogP contribution in [0.5, 0.6) is 0 Å². The number of amides is 1. The SMILES string of the molecule is CCNc1ccccc1C(=O)N(C)Cc1n[nH]c(C)n1. The van der Waals surface area contributed by atoms with E-state index in [1.807, 2.05) is 38.1 Å². The lowest BCUT2D eigenvalue weighted by Crippen LogP contribution is -2.27. The van der Waals surface area contributed by atoms with Crippen LogP contribution in [-0.4, -0.2) is 39.6 Å². The second-order valence-electron chi connectivity index (χ2n) is 4.57. The highest BCUT2D eigenvalue weighted by Gasteiger charge is 2.16. The zero-order valence-corrected chi connectivity index (χ0v) is 12.0. The van der Waals surface area contributed by atoms with Gasteiger partial charge in [-0.15, -0.1) is 0 Å². The number of carbonyl (C=O) groups is 1. The third kappa shape index (κ3) is 3.14. The number of nitrogens with one attached hydrogen (secondary N) is 2. The van der Waals surface area contributed by atoms with E-state index in [-0.39, 0.29) is 5.91 Å². The van der Waals surface area contributed by atoms with Crippen molar-refractivity contribution < 1.29 is 4.79 Å². The van der Waals surface area contributed by atoms with E-state index in [4.69, 9.17) is 0 Å². The number of aromatic nitrogens is 3. The van der Waals surface area contributed by atoms with Gasteiger partial charge in [-0.05, 0) is 26.0 Å². The lowest BCUT2D eigenvalue weighted by atomic mass is 10.1. The lowest BCUT2D eigenvalue weighted by Gasteiger charge is -2.17. The van der Waals surface area contributed by atoms with Gasteiger partial charge in [0.1, 0.15) is 5.82 Å². The molecule has 2 aromatic rings. The highest BCUT2D eigenvalue weighted by molar-refractivity contribution is 5.99. The van der Waals surface area contributed by atoms with Gasteiger partial charge in [-0.3, -0.25) is 9.89 Å². The first-order valence-corrected chi connectivity index (χ1v) is 6.58. The van der Waals surface area contributed by atoms with Crippen molar-refractivity contribution >= 4 is 11.6 Å². The number of benzene rings is 1. The molecule has 0 saturated heterocycles. The van der Waals surface area contributed by atoms with Gasteiger partial charge in [0, 0.05) is 19.3 Å². The van der Waals surface area contributed by atoms with Crippen LogP contribution in [0.15, 0.2) is 24.3 Å². The van der Waals surface area contributed by atoms with Crippen LogP contribution in [-0.2, 0) is 6.54 Å². The minimum absolute atomic E-state index is 0.0518. The number of anilines is 1. The van der Waals surface area contributed by atoms with E-state index in [9.17, 15) is 4.79 Å². The smallest absolute Gasteiger partial charge is 0.256 e. The molecule has 0 atom stereocenters. The maximum Gasteiger partial charge on any atom is 0.256 e. The highest BCUT2D eigenvalue weighted by atomic mass is 16.2. The Hall–Kier alpha value is -2.37. The molecule has 1 heterocycles. The first-order chi connectivity index (χ1) is 9.61. The van der Waals surface area contributed by atoms with Gasteiger partial charge in [-0.2, -0.15) is 5.10 Å². The van der Waals surface area contributed by atoms with Gasteiger partial charge < -0.3 is 10.2 Å². The lowest BCUT2D eigenvalue weighted by molar-refractivity contribution is 0.0782. The molecule has 1 aromatic heterocycles. The Bertz CT molecular complexity index is 593. The average molecular weight is 273 g/mol. The number of para-hydroxylation sites is 1. The fourth-order valence-corrected chi connectivity index (χ4v) is 1.96. The van der Waals surface area contributed by atoms with Crippen LogP contribution in [0, 0.1) is 6.92 Å². The molecule has 106 valence electrons. The van der Waals surface area contributed by atoms with Crippen molar-refractivity contribution in [1.29, 1.82) is 0 Å². The largest absolute Gasteiger partial charge is 0.385 e. The highest BCUT2D eigenvalue weighted by Crippen LogP contribution is 2.17. The van der Waals surface area contributed by atoms with Crippen molar-refractivity contribution in [3.63, 3.8) is 0 Å². The topological polar surface area (TPSA) is 73.9 Å². The van der Waals surface area contributed by atoms with E-state index in [1.165, 1.54) is 0 Å². The number of aryl methyl sites for hydroxylation is 1. The van der Waals surface area contributed by atoms with Crippen molar-refractivity contribution in [2.75, 3.05) is 18.9 Å². The number of nitrogens with zero attached hydrogens (tertiary/aromatic N) is 3. The molecule has 0 aliphatic heterocycles. The molecule has 0 saturated carbocycles. The maximum absolute atomic E-state index is 12.5. The van der Waals surface area contributed by atoms with Gasteiger partial charge in [0.15, 0.2) is 5.82 Å². The van der Waals surface area contributed by atoms with Crippen LogP contribution in [0.2, 0.25) is 0 Å². The minimum Gasteiger partial charge on any atom is -0.385 e. The predicted molar refractivity (Wildman–Crippen MR) is 77.5 cm³/mol. The monoisotopic (exact) mass is 273 g/mol. The van der Waals surface area contributed by atoms with Crippen molar-refractivity contribution in [2.45, 2.75) is 20.4 Å².